The number of aromatic nitrogens is 1. The van der Waals surface area contributed by atoms with Gasteiger partial charge in [-0.1, -0.05) is 12.1 Å². The van der Waals surface area contributed by atoms with Crippen LogP contribution in [0.3, 0.4) is 0 Å². The predicted octanol–water partition coefficient (Wildman–Crippen LogP) is 6.61. The maximum absolute atomic E-state index is 15.5. The van der Waals surface area contributed by atoms with E-state index in [1.807, 2.05) is 30.3 Å². The van der Waals surface area contributed by atoms with Crippen LogP contribution >= 0.6 is 0 Å². The SMILES string of the molecule is COc1ccc2nccc([C@H](F)CC[C@@H]3CCN(CCCCc4ccc(F)cc4)C[C@@H]3CC(=O)O)c2c1. The Balaban J connectivity index is 1.30. The quantitative estimate of drug-likeness (QED) is 0.278. The van der Waals surface area contributed by atoms with E-state index in [-0.39, 0.29) is 24.1 Å². The smallest absolute Gasteiger partial charge is 0.303 e. The molecule has 7 heteroatoms. The van der Waals surface area contributed by atoms with Crippen molar-refractivity contribution in [1.29, 1.82) is 0 Å². The highest BCUT2D eigenvalue weighted by Gasteiger charge is 2.31. The van der Waals surface area contributed by atoms with Crippen LogP contribution in [0.25, 0.3) is 10.9 Å². The van der Waals surface area contributed by atoms with Crippen molar-refractivity contribution in [3.05, 3.63) is 71.7 Å². The van der Waals surface area contributed by atoms with Crippen LogP contribution in [0.1, 0.15) is 55.8 Å². The summed E-state index contributed by atoms with van der Waals surface area (Å²) in [5.41, 5.74) is 2.47. The molecule has 2 heterocycles. The van der Waals surface area contributed by atoms with Crippen LogP contribution in [0.2, 0.25) is 0 Å². The highest BCUT2D eigenvalue weighted by Crippen LogP contribution is 2.36. The molecule has 1 aromatic heterocycles. The van der Waals surface area contributed by atoms with Gasteiger partial charge in [-0.2, -0.15) is 0 Å². The van der Waals surface area contributed by atoms with E-state index in [0.717, 1.165) is 61.8 Å². The zero-order valence-electron chi connectivity index (χ0n) is 21.4. The maximum atomic E-state index is 15.5. The third kappa shape index (κ3) is 7.48. The minimum Gasteiger partial charge on any atom is -0.497 e. The Labute approximate surface area is 217 Å². The molecule has 1 aliphatic heterocycles. The van der Waals surface area contributed by atoms with E-state index in [0.29, 0.717) is 24.2 Å². The molecule has 1 fully saturated rings. The van der Waals surface area contributed by atoms with E-state index in [1.165, 1.54) is 12.1 Å². The number of nitrogens with zero attached hydrogens (tertiary/aromatic N) is 2. The first-order valence-corrected chi connectivity index (χ1v) is 13.2. The van der Waals surface area contributed by atoms with Crippen molar-refractivity contribution in [3.63, 3.8) is 0 Å². The first kappa shape index (κ1) is 27.0. The minimum atomic E-state index is -1.15. The number of carbonyl (C=O) groups is 1. The molecular weight excluding hydrogens is 474 g/mol. The van der Waals surface area contributed by atoms with Crippen molar-refractivity contribution in [3.8, 4) is 5.75 Å². The molecule has 3 atom stereocenters. The van der Waals surface area contributed by atoms with Crippen molar-refractivity contribution in [2.24, 2.45) is 11.8 Å². The summed E-state index contributed by atoms with van der Waals surface area (Å²) >= 11 is 0. The Kier molecular flexibility index (Phi) is 9.45. The Morgan fingerprint density at radius 1 is 1.16 bits per heavy atom. The van der Waals surface area contributed by atoms with Gasteiger partial charge in [-0.25, -0.2) is 8.78 Å². The average Bonchev–Trinajstić information content (AvgIpc) is 2.90. The molecule has 1 N–H and O–H groups in total. The average molecular weight is 511 g/mol. The fourth-order valence-electron chi connectivity index (χ4n) is 5.57. The highest BCUT2D eigenvalue weighted by atomic mass is 19.1. The number of carboxylic acids is 1. The molecule has 2 aromatic carbocycles. The maximum Gasteiger partial charge on any atom is 0.303 e. The fourth-order valence-corrected chi connectivity index (χ4v) is 5.57. The molecule has 0 unspecified atom stereocenters. The van der Waals surface area contributed by atoms with Crippen LogP contribution in [0.4, 0.5) is 8.78 Å². The molecule has 4 rings (SSSR count). The Hall–Kier alpha value is -3.06. The largest absolute Gasteiger partial charge is 0.497 e. The van der Waals surface area contributed by atoms with Gasteiger partial charge in [0.15, 0.2) is 0 Å². The van der Waals surface area contributed by atoms with Crippen molar-refractivity contribution < 1.29 is 23.4 Å². The van der Waals surface area contributed by atoms with Gasteiger partial charge in [0.05, 0.1) is 12.6 Å². The van der Waals surface area contributed by atoms with Gasteiger partial charge in [0.2, 0.25) is 0 Å². The molecule has 0 saturated carbocycles. The standard InChI is InChI=1S/C30H36F2N2O3/c1-37-25-10-12-29-27(19-25)26(13-15-33-29)28(32)11-7-22-14-17-34(20-23(22)18-30(35)36)16-3-2-4-21-5-8-24(31)9-6-21/h5-6,8-10,12-13,15,19,22-23,28H,2-4,7,11,14,16-18,20H2,1H3,(H,35,36)/t22-,23+,28-/m1/s1. The van der Waals surface area contributed by atoms with Gasteiger partial charge in [-0.15, -0.1) is 0 Å². The summed E-state index contributed by atoms with van der Waals surface area (Å²) in [5, 5.41) is 10.3. The van der Waals surface area contributed by atoms with Crippen LogP contribution in [0, 0.1) is 17.7 Å². The molecular formula is C30H36F2N2O3. The molecule has 0 aliphatic carbocycles. The van der Waals surface area contributed by atoms with Gasteiger partial charge in [0.1, 0.15) is 17.7 Å². The number of likely N-dealkylation sites (tertiary alicyclic amines) is 1. The minimum absolute atomic E-state index is 0.0184. The zero-order chi connectivity index (χ0) is 26.2. The number of halogens is 2. The van der Waals surface area contributed by atoms with Crippen molar-refractivity contribution in [2.75, 3.05) is 26.7 Å². The summed E-state index contributed by atoms with van der Waals surface area (Å²) in [6.07, 6.45) is 5.42. The normalized spacial score (nSPS) is 19.1. The lowest BCUT2D eigenvalue weighted by Crippen LogP contribution is -2.41. The Bertz CT molecular complexity index is 1170. The topological polar surface area (TPSA) is 62.7 Å². The fraction of sp³-hybridized carbons (Fsp3) is 0.467. The van der Waals surface area contributed by atoms with E-state index in [4.69, 9.17) is 4.74 Å². The number of rotatable bonds is 12. The number of unbranched alkanes of at least 4 members (excludes halogenated alkanes) is 1. The molecule has 1 aliphatic rings. The zero-order valence-corrected chi connectivity index (χ0v) is 21.4. The molecule has 3 aromatic rings. The number of methoxy groups -OCH3 is 1. The number of benzene rings is 2. The lowest BCUT2D eigenvalue weighted by molar-refractivity contribution is -0.139. The summed E-state index contributed by atoms with van der Waals surface area (Å²) in [4.78, 5) is 18.3. The second kappa shape index (κ2) is 13.0. The number of hydrogen-bond donors (Lipinski definition) is 1. The van der Waals surface area contributed by atoms with E-state index in [1.54, 1.807) is 19.4 Å². The summed E-state index contributed by atoms with van der Waals surface area (Å²) < 4.78 is 33.9. The van der Waals surface area contributed by atoms with Gasteiger partial charge in [-0.05, 0) is 111 Å². The summed E-state index contributed by atoms with van der Waals surface area (Å²) in [6.45, 7) is 2.56. The number of carboxylic acid groups (broad SMARTS) is 1. The third-order valence-electron chi connectivity index (χ3n) is 7.63. The summed E-state index contributed by atoms with van der Waals surface area (Å²) in [6, 6.07) is 13.9. The van der Waals surface area contributed by atoms with E-state index >= 15 is 4.39 Å². The Morgan fingerprint density at radius 3 is 2.73 bits per heavy atom. The van der Waals surface area contributed by atoms with Crippen molar-refractivity contribution in [1.82, 2.24) is 9.88 Å². The predicted molar refractivity (Wildman–Crippen MR) is 141 cm³/mol. The number of pyridine rings is 1. The molecule has 5 nitrogen and oxygen atoms in total. The molecule has 37 heavy (non-hydrogen) atoms. The number of hydrogen-bond acceptors (Lipinski definition) is 4. The molecule has 0 amide bonds. The van der Waals surface area contributed by atoms with Gasteiger partial charge in [0.25, 0.3) is 0 Å². The highest BCUT2D eigenvalue weighted by molar-refractivity contribution is 5.83. The lowest BCUT2D eigenvalue weighted by Gasteiger charge is -2.38. The number of piperidine rings is 1. The number of fused-ring (bicyclic) bond motifs is 1. The number of alkyl halides is 1. The molecule has 0 bridgehead atoms. The van der Waals surface area contributed by atoms with Gasteiger partial charge in [0, 0.05) is 24.5 Å². The second-order valence-corrected chi connectivity index (χ2v) is 10.1. The summed E-state index contributed by atoms with van der Waals surface area (Å²) in [5.74, 6) is -0.139. The molecule has 1 saturated heterocycles. The van der Waals surface area contributed by atoms with Gasteiger partial charge < -0.3 is 14.7 Å². The number of aliphatic carboxylic acids is 1. The van der Waals surface area contributed by atoms with Crippen LogP contribution in [0.5, 0.6) is 5.75 Å². The molecule has 198 valence electrons. The lowest BCUT2D eigenvalue weighted by atomic mass is 9.79. The Morgan fingerprint density at radius 2 is 1.97 bits per heavy atom. The van der Waals surface area contributed by atoms with Gasteiger partial charge in [-0.3, -0.25) is 9.78 Å². The molecule has 0 radical (unpaired) electrons. The van der Waals surface area contributed by atoms with Crippen LogP contribution in [-0.4, -0.2) is 47.7 Å². The monoisotopic (exact) mass is 510 g/mol. The van der Waals surface area contributed by atoms with E-state index < -0.39 is 12.1 Å². The van der Waals surface area contributed by atoms with Gasteiger partial charge >= 0.3 is 5.97 Å². The van der Waals surface area contributed by atoms with Crippen LogP contribution in [-0.2, 0) is 11.2 Å². The van der Waals surface area contributed by atoms with Crippen molar-refractivity contribution in [2.45, 2.75) is 51.1 Å². The summed E-state index contributed by atoms with van der Waals surface area (Å²) in [7, 11) is 1.59. The third-order valence-corrected chi connectivity index (χ3v) is 7.63. The first-order chi connectivity index (χ1) is 17.9. The van der Waals surface area contributed by atoms with E-state index in [9.17, 15) is 14.3 Å². The number of aryl methyl sites for hydroxylation is 1. The second-order valence-electron chi connectivity index (χ2n) is 10.1. The van der Waals surface area contributed by atoms with Crippen LogP contribution < -0.4 is 4.74 Å². The van der Waals surface area contributed by atoms with E-state index in [2.05, 4.69) is 9.88 Å². The number of ether oxygens (including phenoxy) is 1. The molecule has 0 spiro atoms. The first-order valence-electron chi connectivity index (χ1n) is 13.2. The van der Waals surface area contributed by atoms with Crippen molar-refractivity contribution >= 4 is 16.9 Å². The van der Waals surface area contributed by atoms with Crippen LogP contribution in [0.15, 0.2) is 54.7 Å².